The first-order chi connectivity index (χ1) is 42.9. The van der Waals surface area contributed by atoms with Gasteiger partial charge in [0.25, 0.3) is 0 Å². The summed E-state index contributed by atoms with van der Waals surface area (Å²) in [6.45, 7) is 9.39. The van der Waals surface area contributed by atoms with Crippen molar-refractivity contribution in [2.75, 3.05) is 39.6 Å². The van der Waals surface area contributed by atoms with Gasteiger partial charge in [-0.1, -0.05) is 278 Å². The van der Waals surface area contributed by atoms with Gasteiger partial charge >= 0.3 is 39.5 Å². The van der Waals surface area contributed by atoms with Crippen LogP contribution in [0.1, 0.15) is 330 Å². The summed E-state index contributed by atoms with van der Waals surface area (Å²) in [5, 5.41) is 10.6. The average molecular weight is 1310 g/mol. The van der Waals surface area contributed by atoms with Crippen molar-refractivity contribution in [1.82, 2.24) is 0 Å². The number of hydrogen-bond donors (Lipinski definition) is 3. The zero-order valence-corrected chi connectivity index (χ0v) is 59.0. The molecule has 0 amide bonds. The molecule has 0 aromatic carbocycles. The fourth-order valence-electron chi connectivity index (χ4n) is 10.0. The third-order valence-electron chi connectivity index (χ3n) is 15.9. The molecule has 6 atom stereocenters. The van der Waals surface area contributed by atoms with E-state index >= 15 is 0 Å². The van der Waals surface area contributed by atoms with Gasteiger partial charge in [-0.25, -0.2) is 9.13 Å². The molecule has 0 aliphatic heterocycles. The summed E-state index contributed by atoms with van der Waals surface area (Å²) in [5.74, 6) is -0.711. The Morgan fingerprint density at radius 3 is 1.01 bits per heavy atom. The van der Waals surface area contributed by atoms with E-state index in [1.807, 2.05) is 0 Å². The van der Waals surface area contributed by atoms with E-state index < -0.39 is 97.5 Å². The lowest BCUT2D eigenvalue weighted by molar-refractivity contribution is -0.161. The van der Waals surface area contributed by atoms with Crippen LogP contribution >= 0.6 is 15.6 Å². The molecular weight excluding hydrogens is 1170 g/mol. The summed E-state index contributed by atoms with van der Waals surface area (Å²) in [6, 6.07) is 0. The van der Waals surface area contributed by atoms with Crippen molar-refractivity contribution in [2.45, 2.75) is 349 Å². The molecule has 0 aliphatic carbocycles. The summed E-state index contributed by atoms with van der Waals surface area (Å²) in [7, 11) is -9.91. The summed E-state index contributed by atoms with van der Waals surface area (Å²) in [4.78, 5) is 72.5. The maximum Gasteiger partial charge on any atom is 0.472 e. The molecule has 0 bridgehead atoms. The first kappa shape index (κ1) is 86.5. The van der Waals surface area contributed by atoms with E-state index in [4.69, 9.17) is 37.0 Å². The second-order valence-corrected chi connectivity index (χ2v) is 28.2. The number of esters is 4. The SMILES string of the molecule is CCCCCC/C=C\C=C/CCCCCCCC(=O)O[C@H](COC(=O)CCCCCCCCCCCCCCC)COP(=O)(O)OC[C@@H](O)COP(=O)(O)OC[C@@H](COC(=O)CCCCCCCCC(C)CC)OC(=O)CCCCCCCCCCC(C)C. The number of carbonyl (C=O) groups excluding carboxylic acids is 4. The highest BCUT2D eigenvalue weighted by Gasteiger charge is 2.30. The Morgan fingerprint density at radius 2 is 0.663 bits per heavy atom. The van der Waals surface area contributed by atoms with Gasteiger partial charge in [-0.05, 0) is 63.2 Å². The number of aliphatic hydroxyl groups is 1. The molecule has 3 unspecified atom stereocenters. The van der Waals surface area contributed by atoms with Gasteiger partial charge in [-0.15, -0.1) is 0 Å². The van der Waals surface area contributed by atoms with Crippen LogP contribution in [0.4, 0.5) is 0 Å². The second-order valence-electron chi connectivity index (χ2n) is 25.3. The van der Waals surface area contributed by atoms with Gasteiger partial charge in [-0.2, -0.15) is 0 Å². The molecule has 0 fully saturated rings. The van der Waals surface area contributed by atoms with E-state index in [0.717, 1.165) is 115 Å². The zero-order valence-electron chi connectivity index (χ0n) is 57.2. The molecule has 17 nitrogen and oxygen atoms in total. The number of hydrogen-bond acceptors (Lipinski definition) is 15. The Labute approximate surface area is 542 Å². The molecule has 0 saturated carbocycles. The first-order valence-electron chi connectivity index (χ1n) is 35.8. The van der Waals surface area contributed by atoms with Crippen LogP contribution in [-0.2, 0) is 65.4 Å². The summed E-state index contributed by atoms with van der Waals surface area (Å²) >= 11 is 0. The third-order valence-corrected chi connectivity index (χ3v) is 17.8. The van der Waals surface area contributed by atoms with Gasteiger partial charge in [0.1, 0.15) is 19.3 Å². The molecule has 0 heterocycles. The normalized spacial score (nSPS) is 14.6. The highest BCUT2D eigenvalue weighted by Crippen LogP contribution is 2.45. The Bertz CT molecular complexity index is 1830. The maximum absolute atomic E-state index is 13.0. The molecule has 19 heteroatoms. The molecular formula is C70H132O17P2. The van der Waals surface area contributed by atoms with Crippen LogP contribution in [0.5, 0.6) is 0 Å². The Balaban J connectivity index is 5.29. The number of ether oxygens (including phenoxy) is 4. The number of allylic oxidation sites excluding steroid dienone is 4. The second kappa shape index (κ2) is 61.7. The Morgan fingerprint density at radius 1 is 0.371 bits per heavy atom. The molecule has 0 aromatic heterocycles. The van der Waals surface area contributed by atoms with E-state index in [1.165, 1.54) is 128 Å². The van der Waals surface area contributed by atoms with E-state index in [1.54, 1.807) is 0 Å². The standard InChI is InChI=1S/C70H132O17P2/c1-7-10-12-14-16-18-20-22-23-25-27-29-34-42-48-54-69(74)86-65(58-80-67(72)52-46-40-33-28-26-24-21-19-17-15-13-11-8-2)60-84-88(76,77)82-56-64(71)57-83-89(78,79)85-61-66(59-81-68(73)53-47-41-37-36-39-45-51-63(6)9-3)87-70(75)55-49-43-35-31-30-32-38-44-50-62(4)5/h18,20,22-23,62-66,71H,7-17,19,21,24-61H2,1-6H3,(H,76,77)(H,78,79)/b20-18-,23-22-/t63?,64-,65-,66-/m1/s1. The summed E-state index contributed by atoms with van der Waals surface area (Å²) in [5.41, 5.74) is 0. The van der Waals surface area contributed by atoms with Crippen molar-refractivity contribution in [3.63, 3.8) is 0 Å². The fraction of sp³-hybridized carbons (Fsp3) is 0.886. The number of carbonyl (C=O) groups is 4. The Kier molecular flexibility index (Phi) is 60.0. The minimum Gasteiger partial charge on any atom is -0.462 e. The molecule has 0 aromatic rings. The fourth-order valence-corrected chi connectivity index (χ4v) is 11.6. The van der Waals surface area contributed by atoms with Crippen molar-refractivity contribution >= 4 is 39.5 Å². The van der Waals surface area contributed by atoms with Crippen LogP contribution in [0.15, 0.2) is 24.3 Å². The van der Waals surface area contributed by atoms with Crippen LogP contribution in [0, 0.1) is 11.8 Å². The van der Waals surface area contributed by atoms with Crippen molar-refractivity contribution in [3.05, 3.63) is 24.3 Å². The largest absolute Gasteiger partial charge is 0.472 e. The van der Waals surface area contributed by atoms with Gasteiger partial charge in [-0.3, -0.25) is 37.3 Å². The van der Waals surface area contributed by atoms with E-state index in [2.05, 4.69) is 65.8 Å². The first-order valence-corrected chi connectivity index (χ1v) is 38.8. The quantitative estimate of drug-likeness (QED) is 0.0169. The van der Waals surface area contributed by atoms with Crippen LogP contribution in [0.25, 0.3) is 0 Å². The predicted octanol–water partition coefficient (Wildman–Crippen LogP) is 19.5. The van der Waals surface area contributed by atoms with Crippen molar-refractivity contribution in [3.8, 4) is 0 Å². The monoisotopic (exact) mass is 1310 g/mol. The number of phosphoric ester groups is 2. The van der Waals surface area contributed by atoms with Crippen LogP contribution in [0.3, 0.4) is 0 Å². The lowest BCUT2D eigenvalue weighted by atomic mass is 10.00. The molecule has 89 heavy (non-hydrogen) atoms. The van der Waals surface area contributed by atoms with Crippen molar-refractivity contribution in [1.29, 1.82) is 0 Å². The molecule has 0 rings (SSSR count). The minimum absolute atomic E-state index is 0.0850. The van der Waals surface area contributed by atoms with Gasteiger partial charge in [0.2, 0.25) is 0 Å². The number of aliphatic hydroxyl groups excluding tert-OH is 1. The lowest BCUT2D eigenvalue weighted by Gasteiger charge is -2.21. The van der Waals surface area contributed by atoms with Crippen LogP contribution in [-0.4, -0.2) is 96.7 Å². The summed E-state index contributed by atoms with van der Waals surface area (Å²) in [6.07, 6.45) is 49.4. The van der Waals surface area contributed by atoms with Gasteiger partial charge < -0.3 is 33.8 Å². The third kappa shape index (κ3) is 62.7. The van der Waals surface area contributed by atoms with E-state index in [-0.39, 0.29) is 25.7 Å². The van der Waals surface area contributed by atoms with Gasteiger partial charge in [0.05, 0.1) is 26.4 Å². The molecule has 3 N–H and O–H groups in total. The summed E-state index contributed by atoms with van der Waals surface area (Å²) < 4.78 is 68.2. The molecule has 0 radical (unpaired) electrons. The number of phosphoric acid groups is 2. The van der Waals surface area contributed by atoms with Crippen molar-refractivity contribution in [2.24, 2.45) is 11.8 Å². The molecule has 524 valence electrons. The van der Waals surface area contributed by atoms with Crippen LogP contribution < -0.4 is 0 Å². The number of rotatable bonds is 67. The average Bonchev–Trinajstić information content (AvgIpc) is 3.71. The number of unbranched alkanes of at least 4 members (excludes halogenated alkanes) is 33. The highest BCUT2D eigenvalue weighted by atomic mass is 31.2. The highest BCUT2D eigenvalue weighted by molar-refractivity contribution is 7.47. The Hall–Kier alpha value is -2.46. The molecule has 0 aliphatic rings. The van der Waals surface area contributed by atoms with Crippen molar-refractivity contribution < 1.29 is 80.2 Å². The topological polar surface area (TPSA) is 237 Å². The minimum atomic E-state index is -4.96. The molecule has 0 spiro atoms. The smallest absolute Gasteiger partial charge is 0.462 e. The lowest BCUT2D eigenvalue weighted by Crippen LogP contribution is -2.30. The van der Waals surface area contributed by atoms with E-state index in [9.17, 15) is 43.2 Å². The van der Waals surface area contributed by atoms with Crippen LogP contribution in [0.2, 0.25) is 0 Å². The van der Waals surface area contributed by atoms with E-state index in [0.29, 0.717) is 31.6 Å². The predicted molar refractivity (Wildman–Crippen MR) is 358 cm³/mol. The van der Waals surface area contributed by atoms with Gasteiger partial charge in [0.15, 0.2) is 12.2 Å². The van der Waals surface area contributed by atoms with Gasteiger partial charge in [0, 0.05) is 25.7 Å². The zero-order chi connectivity index (χ0) is 65.7. The molecule has 0 saturated heterocycles. The maximum atomic E-state index is 13.0.